The highest BCUT2D eigenvalue weighted by Gasteiger charge is 2.28. The summed E-state index contributed by atoms with van der Waals surface area (Å²) in [6, 6.07) is 6.92. The van der Waals surface area contributed by atoms with Gasteiger partial charge in [-0.25, -0.2) is 0 Å². The maximum atomic E-state index is 12.0. The van der Waals surface area contributed by atoms with Gasteiger partial charge in [0.15, 0.2) is 0 Å². The van der Waals surface area contributed by atoms with Gasteiger partial charge >= 0.3 is 5.97 Å². The van der Waals surface area contributed by atoms with Crippen LogP contribution in [0.1, 0.15) is 19.4 Å². The third kappa shape index (κ3) is 2.79. The second-order valence-corrected chi connectivity index (χ2v) is 5.66. The molecule has 0 radical (unpaired) electrons. The number of aromatic nitrogens is 1. The number of hydrogen-bond donors (Lipinski definition) is 2. The minimum absolute atomic E-state index is 0.177. The molecule has 0 spiro atoms. The lowest BCUT2D eigenvalue weighted by atomic mass is 9.86. The number of aromatic amines is 1. The number of H-pyrrole nitrogens is 1. The molecule has 1 aromatic heterocycles. The monoisotopic (exact) mass is 279 g/mol. The van der Waals surface area contributed by atoms with E-state index in [9.17, 15) is 9.59 Å². The van der Waals surface area contributed by atoms with Crippen molar-refractivity contribution in [1.82, 2.24) is 4.98 Å². The number of carbonyl (C=O) groups is 1. The molecule has 0 aliphatic carbocycles. The summed E-state index contributed by atoms with van der Waals surface area (Å²) in [4.78, 5) is 25.8. The lowest BCUT2D eigenvalue weighted by Gasteiger charge is -2.18. The molecule has 100 valence electrons. The molecule has 2 rings (SSSR count). The number of hydrogen-bond acceptors (Lipinski definition) is 2. The minimum Gasteiger partial charge on any atom is -0.481 e. The molecule has 2 N–H and O–H groups in total. The smallest absolute Gasteiger partial charge is 0.309 e. The fourth-order valence-corrected chi connectivity index (χ4v) is 2.07. The predicted molar refractivity (Wildman–Crippen MR) is 74.7 cm³/mol. The van der Waals surface area contributed by atoms with E-state index >= 15 is 0 Å². The molecule has 0 saturated heterocycles. The summed E-state index contributed by atoms with van der Waals surface area (Å²) in [7, 11) is 0. The summed E-state index contributed by atoms with van der Waals surface area (Å²) in [5.41, 5.74) is -0.145. The number of benzene rings is 1. The van der Waals surface area contributed by atoms with Crippen molar-refractivity contribution in [2.24, 2.45) is 5.41 Å². The van der Waals surface area contributed by atoms with Crippen molar-refractivity contribution in [1.29, 1.82) is 0 Å². The number of halogens is 1. The highest BCUT2D eigenvalue weighted by Crippen LogP contribution is 2.23. The maximum Gasteiger partial charge on any atom is 0.309 e. The molecule has 0 amide bonds. The molecule has 0 aliphatic rings. The second-order valence-electron chi connectivity index (χ2n) is 5.22. The van der Waals surface area contributed by atoms with Gasteiger partial charge in [-0.05, 0) is 43.9 Å². The van der Waals surface area contributed by atoms with Crippen LogP contribution < -0.4 is 5.56 Å². The van der Waals surface area contributed by atoms with Crippen molar-refractivity contribution in [3.05, 3.63) is 45.2 Å². The van der Waals surface area contributed by atoms with Crippen molar-refractivity contribution in [2.45, 2.75) is 20.3 Å². The maximum absolute atomic E-state index is 12.0. The summed E-state index contributed by atoms with van der Waals surface area (Å²) >= 11 is 5.86. The first kappa shape index (κ1) is 13.6. The Labute approximate surface area is 115 Å². The zero-order chi connectivity index (χ0) is 14.2. The predicted octanol–water partition coefficient (Wildman–Crippen LogP) is 2.83. The highest BCUT2D eigenvalue weighted by atomic mass is 35.5. The average molecular weight is 280 g/mol. The van der Waals surface area contributed by atoms with Gasteiger partial charge < -0.3 is 10.1 Å². The fourth-order valence-electron chi connectivity index (χ4n) is 1.90. The quantitative estimate of drug-likeness (QED) is 0.907. The van der Waals surface area contributed by atoms with E-state index in [1.165, 1.54) is 0 Å². The first-order valence-corrected chi connectivity index (χ1v) is 6.22. The Bertz CT molecular complexity index is 703. The molecular formula is C14H14ClNO3. The van der Waals surface area contributed by atoms with Crippen molar-refractivity contribution in [2.75, 3.05) is 0 Å². The number of carboxylic acids is 1. The molecule has 0 atom stereocenters. The minimum atomic E-state index is -0.979. The van der Waals surface area contributed by atoms with Crippen LogP contribution in [0.25, 0.3) is 10.9 Å². The average Bonchev–Trinajstić information content (AvgIpc) is 2.30. The van der Waals surface area contributed by atoms with Crippen LogP contribution in [0.3, 0.4) is 0 Å². The molecule has 0 aliphatic heterocycles. The van der Waals surface area contributed by atoms with E-state index in [1.807, 2.05) is 0 Å². The summed E-state index contributed by atoms with van der Waals surface area (Å²) in [6.45, 7) is 3.20. The van der Waals surface area contributed by atoms with Gasteiger partial charge in [0.05, 0.1) is 5.41 Å². The number of nitrogens with one attached hydrogen (secondary N) is 1. The Balaban J connectivity index is 2.51. The largest absolute Gasteiger partial charge is 0.481 e. The molecule has 0 unspecified atom stereocenters. The van der Waals surface area contributed by atoms with Gasteiger partial charge in [0, 0.05) is 16.1 Å². The molecule has 1 aromatic carbocycles. The summed E-state index contributed by atoms with van der Waals surface area (Å²) in [5.74, 6) is -0.928. The van der Waals surface area contributed by atoms with Crippen LogP contribution in [-0.4, -0.2) is 16.1 Å². The number of pyridine rings is 1. The summed E-state index contributed by atoms with van der Waals surface area (Å²) in [6.07, 6.45) is 0.177. The van der Waals surface area contributed by atoms with Crippen molar-refractivity contribution in [3.63, 3.8) is 0 Å². The third-order valence-corrected chi connectivity index (χ3v) is 3.33. The SMILES string of the molecule is CC(C)(Cc1cc2ccc(Cl)cc2[nH]c1=O)C(=O)O. The molecule has 19 heavy (non-hydrogen) atoms. The molecule has 0 fully saturated rings. The van der Waals surface area contributed by atoms with E-state index in [4.69, 9.17) is 16.7 Å². The number of carboxylic acid groups (broad SMARTS) is 1. The van der Waals surface area contributed by atoms with Crippen LogP contribution in [0.2, 0.25) is 5.02 Å². The number of rotatable bonds is 3. The molecule has 5 heteroatoms. The van der Waals surface area contributed by atoms with Crippen molar-refractivity contribution >= 4 is 28.5 Å². The third-order valence-electron chi connectivity index (χ3n) is 3.10. The Morgan fingerprint density at radius 2 is 2.05 bits per heavy atom. The van der Waals surface area contributed by atoms with E-state index < -0.39 is 11.4 Å². The van der Waals surface area contributed by atoms with Gasteiger partial charge in [0.1, 0.15) is 0 Å². The zero-order valence-electron chi connectivity index (χ0n) is 10.7. The van der Waals surface area contributed by atoms with Crippen LogP contribution in [-0.2, 0) is 11.2 Å². The van der Waals surface area contributed by atoms with E-state index in [0.717, 1.165) is 5.39 Å². The van der Waals surface area contributed by atoms with Crippen LogP contribution in [0.15, 0.2) is 29.1 Å². The first-order valence-electron chi connectivity index (χ1n) is 5.84. The summed E-state index contributed by atoms with van der Waals surface area (Å²) < 4.78 is 0. The Kier molecular flexibility index (Phi) is 3.37. The van der Waals surface area contributed by atoms with E-state index in [2.05, 4.69) is 4.98 Å². The lowest BCUT2D eigenvalue weighted by molar-refractivity contribution is -0.146. The van der Waals surface area contributed by atoms with Crippen LogP contribution in [0.5, 0.6) is 0 Å². The molecule has 0 bridgehead atoms. The van der Waals surface area contributed by atoms with Gasteiger partial charge in [-0.3, -0.25) is 9.59 Å². The van der Waals surface area contributed by atoms with Gasteiger partial charge in [-0.1, -0.05) is 17.7 Å². The van der Waals surface area contributed by atoms with Gasteiger partial charge in [0.2, 0.25) is 0 Å². The topological polar surface area (TPSA) is 70.2 Å². The number of fused-ring (bicyclic) bond motifs is 1. The van der Waals surface area contributed by atoms with Crippen LogP contribution in [0, 0.1) is 5.41 Å². The molecule has 2 aromatic rings. The first-order chi connectivity index (χ1) is 8.79. The molecule has 4 nitrogen and oxygen atoms in total. The second kappa shape index (κ2) is 4.70. The highest BCUT2D eigenvalue weighted by molar-refractivity contribution is 6.31. The van der Waals surface area contributed by atoms with Gasteiger partial charge in [-0.2, -0.15) is 0 Å². The zero-order valence-corrected chi connectivity index (χ0v) is 11.4. The standard InChI is InChI=1S/C14H14ClNO3/c1-14(2,13(18)19)7-9-5-8-3-4-10(15)6-11(8)16-12(9)17/h3-6H,7H2,1-2H3,(H,16,17)(H,18,19). The number of aliphatic carboxylic acids is 1. The lowest BCUT2D eigenvalue weighted by Crippen LogP contribution is -2.29. The Hall–Kier alpha value is -1.81. The summed E-state index contributed by atoms with van der Waals surface area (Å²) in [5, 5.41) is 10.5. The molecule has 1 heterocycles. The Morgan fingerprint density at radius 1 is 1.37 bits per heavy atom. The van der Waals surface area contributed by atoms with E-state index in [0.29, 0.717) is 16.1 Å². The molecule has 0 saturated carbocycles. The van der Waals surface area contributed by atoms with E-state index in [-0.39, 0.29) is 12.0 Å². The van der Waals surface area contributed by atoms with E-state index in [1.54, 1.807) is 38.1 Å². The molecular weight excluding hydrogens is 266 g/mol. The van der Waals surface area contributed by atoms with Crippen molar-refractivity contribution in [3.8, 4) is 0 Å². The normalized spacial score (nSPS) is 11.7. The van der Waals surface area contributed by atoms with Crippen LogP contribution >= 0.6 is 11.6 Å². The fraction of sp³-hybridized carbons (Fsp3) is 0.286. The van der Waals surface area contributed by atoms with Gasteiger partial charge in [0.25, 0.3) is 5.56 Å². The van der Waals surface area contributed by atoms with Gasteiger partial charge in [-0.15, -0.1) is 0 Å². The Morgan fingerprint density at radius 3 is 2.68 bits per heavy atom. The van der Waals surface area contributed by atoms with Crippen LogP contribution in [0.4, 0.5) is 0 Å². The van der Waals surface area contributed by atoms with Crippen molar-refractivity contribution < 1.29 is 9.90 Å².